The van der Waals surface area contributed by atoms with Gasteiger partial charge in [-0.15, -0.1) is 0 Å². The average Bonchev–Trinajstić information content (AvgIpc) is 3.27. The highest BCUT2D eigenvalue weighted by molar-refractivity contribution is 5.84. The maximum absolute atomic E-state index is 13.1. The molecule has 33 heavy (non-hydrogen) atoms. The van der Waals surface area contributed by atoms with Gasteiger partial charge in [-0.2, -0.15) is 4.98 Å². The number of aryl methyl sites for hydroxylation is 1. The fraction of sp³-hybridized carbons (Fsp3) is 0.600. The van der Waals surface area contributed by atoms with E-state index in [1.807, 2.05) is 61.8 Å². The Morgan fingerprint density at radius 3 is 2.39 bits per heavy atom. The van der Waals surface area contributed by atoms with Crippen molar-refractivity contribution in [1.82, 2.24) is 24.8 Å². The standard InChI is InChI=1S/C25H35N5O3/c1-18-7-9-19(10-8-18)22-26-21(33-27-22)17-28-12-14-29(15-13-28)23(31)20-6-5-11-30(16-20)24(32)25(2,3)4/h7-10,20H,5-6,11-17H2,1-4H3. The number of carbonyl (C=O) groups is 2. The second kappa shape index (κ2) is 9.63. The summed E-state index contributed by atoms with van der Waals surface area (Å²) in [7, 11) is 0. The van der Waals surface area contributed by atoms with Crippen LogP contribution in [-0.4, -0.2) is 75.9 Å². The first-order valence-electron chi connectivity index (χ1n) is 11.9. The molecule has 1 aromatic carbocycles. The van der Waals surface area contributed by atoms with E-state index in [0.29, 0.717) is 37.9 Å². The fourth-order valence-electron chi connectivity index (χ4n) is 4.55. The van der Waals surface area contributed by atoms with Gasteiger partial charge < -0.3 is 14.3 Å². The molecule has 0 radical (unpaired) electrons. The summed E-state index contributed by atoms with van der Waals surface area (Å²) >= 11 is 0. The van der Waals surface area contributed by atoms with E-state index in [9.17, 15) is 9.59 Å². The lowest BCUT2D eigenvalue weighted by Gasteiger charge is -2.40. The normalized spacial score (nSPS) is 20.2. The second-order valence-corrected chi connectivity index (χ2v) is 10.3. The Balaban J connectivity index is 1.28. The van der Waals surface area contributed by atoms with Crippen LogP contribution in [0.2, 0.25) is 0 Å². The molecule has 0 aliphatic carbocycles. The lowest BCUT2D eigenvalue weighted by atomic mass is 9.90. The first-order valence-corrected chi connectivity index (χ1v) is 11.9. The van der Waals surface area contributed by atoms with Crippen molar-refractivity contribution in [2.45, 2.75) is 47.1 Å². The first kappa shape index (κ1) is 23.4. The summed E-state index contributed by atoms with van der Waals surface area (Å²) in [5.41, 5.74) is 1.72. The number of likely N-dealkylation sites (tertiary alicyclic amines) is 1. The summed E-state index contributed by atoms with van der Waals surface area (Å²) in [6, 6.07) is 8.06. The van der Waals surface area contributed by atoms with Crippen molar-refractivity contribution in [2.75, 3.05) is 39.3 Å². The predicted molar refractivity (Wildman–Crippen MR) is 125 cm³/mol. The minimum atomic E-state index is -0.412. The van der Waals surface area contributed by atoms with Crippen LogP contribution >= 0.6 is 0 Å². The van der Waals surface area contributed by atoms with Crippen molar-refractivity contribution in [3.8, 4) is 11.4 Å². The summed E-state index contributed by atoms with van der Waals surface area (Å²) in [5.74, 6) is 1.42. The summed E-state index contributed by atoms with van der Waals surface area (Å²) in [5, 5.41) is 4.11. The monoisotopic (exact) mass is 453 g/mol. The van der Waals surface area contributed by atoms with Crippen LogP contribution in [0.5, 0.6) is 0 Å². The number of amides is 2. The summed E-state index contributed by atoms with van der Waals surface area (Å²) in [6.07, 6.45) is 1.75. The zero-order valence-electron chi connectivity index (χ0n) is 20.2. The molecule has 3 heterocycles. The Labute approximate surface area is 195 Å². The number of hydrogen-bond acceptors (Lipinski definition) is 6. The molecule has 8 nitrogen and oxygen atoms in total. The number of piperidine rings is 1. The summed E-state index contributed by atoms with van der Waals surface area (Å²) in [6.45, 7) is 12.6. The van der Waals surface area contributed by atoms with E-state index >= 15 is 0 Å². The molecule has 2 saturated heterocycles. The topological polar surface area (TPSA) is 82.8 Å². The Bertz CT molecular complexity index is 971. The highest BCUT2D eigenvalue weighted by Gasteiger charge is 2.35. The largest absolute Gasteiger partial charge is 0.341 e. The van der Waals surface area contributed by atoms with E-state index in [1.54, 1.807) is 0 Å². The van der Waals surface area contributed by atoms with E-state index in [0.717, 1.165) is 38.0 Å². The molecular weight excluding hydrogens is 418 g/mol. The number of rotatable bonds is 4. The van der Waals surface area contributed by atoms with Gasteiger partial charge in [0.25, 0.3) is 0 Å². The molecule has 2 aromatic rings. The van der Waals surface area contributed by atoms with Crippen LogP contribution in [0.4, 0.5) is 0 Å². The molecule has 0 saturated carbocycles. The third kappa shape index (κ3) is 5.61. The highest BCUT2D eigenvalue weighted by atomic mass is 16.5. The lowest BCUT2D eigenvalue weighted by molar-refractivity contribution is -0.146. The average molecular weight is 454 g/mol. The molecule has 0 spiro atoms. The molecule has 178 valence electrons. The van der Waals surface area contributed by atoms with Gasteiger partial charge in [0, 0.05) is 50.2 Å². The molecule has 2 aliphatic heterocycles. The van der Waals surface area contributed by atoms with E-state index < -0.39 is 5.41 Å². The van der Waals surface area contributed by atoms with Crippen molar-refractivity contribution in [2.24, 2.45) is 11.3 Å². The molecule has 2 fully saturated rings. The van der Waals surface area contributed by atoms with Gasteiger partial charge in [0.15, 0.2) is 0 Å². The van der Waals surface area contributed by atoms with Crippen molar-refractivity contribution >= 4 is 11.8 Å². The maximum Gasteiger partial charge on any atom is 0.241 e. The smallest absolute Gasteiger partial charge is 0.241 e. The third-order valence-corrected chi connectivity index (χ3v) is 6.52. The van der Waals surface area contributed by atoms with Crippen molar-refractivity contribution < 1.29 is 14.1 Å². The van der Waals surface area contributed by atoms with Gasteiger partial charge >= 0.3 is 0 Å². The van der Waals surface area contributed by atoms with Gasteiger partial charge in [-0.05, 0) is 19.8 Å². The number of hydrogen-bond donors (Lipinski definition) is 0. The van der Waals surface area contributed by atoms with Crippen LogP contribution < -0.4 is 0 Å². The molecule has 1 aromatic heterocycles. The Morgan fingerprint density at radius 1 is 1.03 bits per heavy atom. The van der Waals surface area contributed by atoms with E-state index in [2.05, 4.69) is 15.0 Å². The van der Waals surface area contributed by atoms with Gasteiger partial charge in [0.05, 0.1) is 12.5 Å². The molecule has 1 unspecified atom stereocenters. The molecule has 8 heteroatoms. The van der Waals surface area contributed by atoms with E-state index in [-0.39, 0.29) is 17.7 Å². The lowest BCUT2D eigenvalue weighted by Crippen LogP contribution is -2.53. The Hall–Kier alpha value is -2.74. The van der Waals surface area contributed by atoms with Gasteiger partial charge in [0.1, 0.15) is 0 Å². The van der Waals surface area contributed by atoms with Gasteiger partial charge in [-0.3, -0.25) is 14.5 Å². The van der Waals surface area contributed by atoms with E-state index in [1.165, 1.54) is 5.56 Å². The zero-order chi connectivity index (χ0) is 23.6. The van der Waals surface area contributed by atoms with Gasteiger partial charge in [-0.25, -0.2) is 0 Å². The van der Waals surface area contributed by atoms with Crippen molar-refractivity contribution in [3.05, 3.63) is 35.7 Å². The number of nitrogens with zero attached hydrogens (tertiary/aromatic N) is 5. The quantitative estimate of drug-likeness (QED) is 0.708. The molecule has 2 aliphatic rings. The van der Waals surface area contributed by atoms with Crippen LogP contribution in [0.25, 0.3) is 11.4 Å². The highest BCUT2D eigenvalue weighted by Crippen LogP contribution is 2.25. The van der Waals surface area contributed by atoms with Gasteiger partial charge in [-0.1, -0.05) is 55.8 Å². The van der Waals surface area contributed by atoms with Gasteiger partial charge in [0.2, 0.25) is 23.5 Å². The molecule has 0 bridgehead atoms. The Morgan fingerprint density at radius 2 is 1.73 bits per heavy atom. The van der Waals surface area contributed by atoms with Crippen molar-refractivity contribution in [3.63, 3.8) is 0 Å². The number of carbonyl (C=O) groups excluding carboxylic acids is 2. The van der Waals surface area contributed by atoms with Crippen molar-refractivity contribution in [1.29, 1.82) is 0 Å². The molecule has 0 N–H and O–H groups in total. The van der Waals surface area contributed by atoms with Crippen LogP contribution in [0, 0.1) is 18.3 Å². The zero-order valence-corrected chi connectivity index (χ0v) is 20.2. The number of aromatic nitrogens is 2. The molecule has 1 atom stereocenters. The number of benzene rings is 1. The Kier molecular flexibility index (Phi) is 6.83. The first-order chi connectivity index (χ1) is 15.7. The fourth-order valence-corrected chi connectivity index (χ4v) is 4.55. The second-order valence-electron chi connectivity index (χ2n) is 10.3. The SMILES string of the molecule is Cc1ccc(-c2noc(CN3CCN(C(=O)C4CCCN(C(=O)C(C)(C)C)C4)CC3)n2)cc1. The van der Waals surface area contributed by atoms with E-state index in [4.69, 9.17) is 4.52 Å². The van der Waals surface area contributed by atoms with Crippen LogP contribution in [0.15, 0.2) is 28.8 Å². The summed E-state index contributed by atoms with van der Waals surface area (Å²) < 4.78 is 5.46. The number of piperazine rings is 1. The summed E-state index contributed by atoms with van der Waals surface area (Å²) in [4.78, 5) is 36.4. The minimum Gasteiger partial charge on any atom is -0.341 e. The van der Waals surface area contributed by atoms with Crippen LogP contribution in [0.1, 0.15) is 45.1 Å². The molecule has 2 amide bonds. The minimum absolute atomic E-state index is 0.0930. The maximum atomic E-state index is 13.1. The van der Waals surface area contributed by atoms with Crippen LogP contribution in [-0.2, 0) is 16.1 Å². The third-order valence-electron chi connectivity index (χ3n) is 6.52. The predicted octanol–water partition coefficient (Wildman–Crippen LogP) is 2.97. The van der Waals surface area contributed by atoms with Crippen LogP contribution in [0.3, 0.4) is 0 Å². The molecule has 4 rings (SSSR count). The molecular formula is C25H35N5O3.